The van der Waals surface area contributed by atoms with Gasteiger partial charge in [0.05, 0.1) is 6.04 Å². The summed E-state index contributed by atoms with van der Waals surface area (Å²) in [5, 5.41) is 8.85. The van der Waals surface area contributed by atoms with Crippen LogP contribution in [0.4, 0.5) is 5.69 Å². The first-order valence-corrected chi connectivity index (χ1v) is 17.2. The Balaban J connectivity index is 1.21. The number of carbonyl (C=O) groups excluding carboxylic acids is 3. The first-order valence-electron chi connectivity index (χ1n) is 16.3. The van der Waals surface area contributed by atoms with Crippen molar-refractivity contribution in [2.24, 2.45) is 5.73 Å². The van der Waals surface area contributed by atoms with Crippen molar-refractivity contribution in [1.29, 1.82) is 0 Å². The molecule has 240 valence electrons. The zero-order valence-corrected chi connectivity index (χ0v) is 27.3. The van der Waals surface area contributed by atoms with Gasteiger partial charge in [0, 0.05) is 38.3 Å². The number of nitrogens with zero attached hydrogens (tertiary/aromatic N) is 2. The summed E-state index contributed by atoms with van der Waals surface area (Å²) in [6.45, 7) is 10.7. The van der Waals surface area contributed by atoms with E-state index in [-0.39, 0.29) is 29.0 Å². The fourth-order valence-electron chi connectivity index (χ4n) is 6.10. The van der Waals surface area contributed by atoms with Gasteiger partial charge in [0.15, 0.2) is 0 Å². The van der Waals surface area contributed by atoms with Crippen molar-refractivity contribution in [1.82, 2.24) is 20.4 Å². The molecule has 4 atom stereocenters. The van der Waals surface area contributed by atoms with E-state index in [1.165, 1.54) is 28.5 Å². The number of nitrogens with two attached hydrogens (primary N) is 1. The van der Waals surface area contributed by atoms with Crippen molar-refractivity contribution < 1.29 is 14.4 Å². The van der Waals surface area contributed by atoms with Gasteiger partial charge in [-0.2, -0.15) is 0 Å². The molecule has 1 aliphatic carbocycles. The van der Waals surface area contributed by atoms with Crippen LogP contribution in [-0.4, -0.2) is 83.5 Å². The second kappa shape index (κ2) is 16.8. The summed E-state index contributed by atoms with van der Waals surface area (Å²) < 4.78 is 0. The molecule has 2 aromatic rings. The Bertz CT molecular complexity index is 1240. The lowest BCUT2D eigenvalue weighted by molar-refractivity contribution is -0.131. The molecular weight excluding hydrogens is 572 g/mol. The van der Waals surface area contributed by atoms with Gasteiger partial charge in [-0.05, 0) is 80.9 Å². The lowest BCUT2D eigenvalue weighted by Gasteiger charge is -2.30. The molecule has 1 heterocycles. The van der Waals surface area contributed by atoms with Crippen LogP contribution in [0.5, 0.6) is 0 Å². The third-order valence-electron chi connectivity index (χ3n) is 8.77. The average molecular weight is 623 g/mol. The molecule has 2 aromatic carbocycles. The van der Waals surface area contributed by atoms with Crippen molar-refractivity contribution in [3.05, 3.63) is 65.2 Å². The normalized spacial score (nSPS) is 20.3. The number of likely N-dealkylation sites (N-methyl/N-ethyl adjacent to an activating group) is 2. The number of hydrogen-bond donors (Lipinski definition) is 4. The number of aryl methyl sites for hydroxylation is 2. The third-order valence-corrected chi connectivity index (χ3v) is 10.3. The Kier molecular flexibility index (Phi) is 12.9. The SMILES string of the molecule is CCN(CC)CCNC(=O)CCCc1ccc(NC[C@H]2SC([C@H](N)C(=O)N[C@H]3CCCc4ccccc43)N(CC)C2=O)cc1. The minimum absolute atomic E-state index is 0.00764. The van der Waals surface area contributed by atoms with Crippen molar-refractivity contribution in [3.63, 3.8) is 0 Å². The first kappa shape index (κ1) is 33.8. The number of carbonyl (C=O) groups is 3. The quantitative estimate of drug-likeness (QED) is 0.226. The molecule has 0 saturated carbocycles. The molecule has 9 nitrogen and oxygen atoms in total. The van der Waals surface area contributed by atoms with E-state index >= 15 is 0 Å². The predicted octanol–water partition coefficient (Wildman–Crippen LogP) is 3.69. The minimum atomic E-state index is -0.813. The highest BCUT2D eigenvalue weighted by Crippen LogP contribution is 2.34. The van der Waals surface area contributed by atoms with Crippen molar-refractivity contribution in [2.45, 2.75) is 82.0 Å². The largest absolute Gasteiger partial charge is 0.383 e. The molecule has 0 radical (unpaired) electrons. The number of fused-ring (bicyclic) bond motifs is 1. The van der Waals surface area contributed by atoms with E-state index in [0.29, 0.717) is 26.1 Å². The maximum Gasteiger partial charge on any atom is 0.240 e. The van der Waals surface area contributed by atoms with E-state index in [2.05, 4.69) is 59.0 Å². The number of amides is 3. The third kappa shape index (κ3) is 8.99. The van der Waals surface area contributed by atoms with Crippen LogP contribution in [0, 0.1) is 0 Å². The second-order valence-electron chi connectivity index (χ2n) is 11.6. The van der Waals surface area contributed by atoms with Gasteiger partial charge in [-0.3, -0.25) is 14.4 Å². The van der Waals surface area contributed by atoms with E-state index in [4.69, 9.17) is 5.73 Å². The lowest BCUT2D eigenvalue weighted by Crippen LogP contribution is -2.53. The van der Waals surface area contributed by atoms with Crippen LogP contribution >= 0.6 is 11.8 Å². The van der Waals surface area contributed by atoms with Gasteiger partial charge < -0.3 is 31.5 Å². The summed E-state index contributed by atoms with van der Waals surface area (Å²) in [5.41, 5.74) is 11.1. The van der Waals surface area contributed by atoms with Crippen molar-refractivity contribution in [3.8, 4) is 0 Å². The van der Waals surface area contributed by atoms with Crippen molar-refractivity contribution in [2.75, 3.05) is 44.6 Å². The standard InChI is InChI=1S/C34H50N6O3S/c1-4-39(5-2)22-21-36-30(41)16-9-11-24-17-19-26(20-18-24)37-23-29-33(43)40(6-3)34(44-29)31(35)32(42)38-28-15-10-13-25-12-7-8-14-27(25)28/h7-8,12,14,17-20,28-29,31,34,37H,4-6,9-11,13,15-16,21-23,35H2,1-3H3,(H,36,41)(H,38,42)/t28-,29+,31+,34?/m0/s1. The molecule has 1 saturated heterocycles. The molecule has 10 heteroatoms. The molecule has 2 aliphatic rings. The molecule has 3 amide bonds. The van der Waals surface area contributed by atoms with E-state index < -0.39 is 11.4 Å². The van der Waals surface area contributed by atoms with E-state index in [1.54, 1.807) is 4.90 Å². The summed E-state index contributed by atoms with van der Waals surface area (Å²) in [6.07, 6.45) is 5.09. The second-order valence-corrected chi connectivity index (χ2v) is 12.9. The van der Waals surface area contributed by atoms with Gasteiger partial charge in [-0.1, -0.05) is 50.2 Å². The number of thioether (sulfide) groups is 1. The molecule has 1 aliphatic heterocycles. The Labute approximate surface area is 267 Å². The molecule has 1 fully saturated rings. The van der Waals surface area contributed by atoms with Gasteiger partial charge in [-0.25, -0.2) is 0 Å². The van der Waals surface area contributed by atoms with Gasteiger partial charge >= 0.3 is 0 Å². The van der Waals surface area contributed by atoms with Crippen LogP contribution in [0.15, 0.2) is 48.5 Å². The fourth-order valence-corrected chi connectivity index (χ4v) is 7.56. The van der Waals surface area contributed by atoms with Crippen LogP contribution in [0.25, 0.3) is 0 Å². The summed E-state index contributed by atoms with van der Waals surface area (Å²) >= 11 is 1.47. The molecule has 0 spiro atoms. The summed E-state index contributed by atoms with van der Waals surface area (Å²) in [5.74, 6) is -0.102. The summed E-state index contributed by atoms with van der Waals surface area (Å²) in [6, 6.07) is 15.6. The van der Waals surface area contributed by atoms with Crippen LogP contribution in [0.2, 0.25) is 0 Å². The highest BCUT2D eigenvalue weighted by Gasteiger charge is 2.44. The highest BCUT2D eigenvalue weighted by atomic mass is 32.2. The summed E-state index contributed by atoms with van der Waals surface area (Å²) in [4.78, 5) is 42.7. The number of rotatable bonds is 16. The monoisotopic (exact) mass is 622 g/mol. The molecule has 5 N–H and O–H groups in total. The molecular formula is C34H50N6O3S. The molecule has 44 heavy (non-hydrogen) atoms. The Morgan fingerprint density at radius 1 is 1.09 bits per heavy atom. The Morgan fingerprint density at radius 2 is 1.84 bits per heavy atom. The zero-order chi connectivity index (χ0) is 31.5. The maximum atomic E-state index is 13.3. The molecule has 0 bridgehead atoms. The van der Waals surface area contributed by atoms with Gasteiger partial charge in [0.2, 0.25) is 17.7 Å². The topological polar surface area (TPSA) is 120 Å². The van der Waals surface area contributed by atoms with Gasteiger partial charge in [-0.15, -0.1) is 11.8 Å². The highest BCUT2D eigenvalue weighted by molar-refractivity contribution is 8.01. The predicted molar refractivity (Wildman–Crippen MR) is 179 cm³/mol. The first-order chi connectivity index (χ1) is 21.3. The van der Waals surface area contributed by atoms with Crippen molar-refractivity contribution >= 4 is 35.2 Å². The number of anilines is 1. The lowest BCUT2D eigenvalue weighted by atomic mass is 9.87. The Morgan fingerprint density at radius 3 is 2.57 bits per heavy atom. The maximum absolute atomic E-state index is 13.3. The van der Waals surface area contributed by atoms with Crippen LogP contribution in [0.3, 0.4) is 0 Å². The van der Waals surface area contributed by atoms with E-state index in [1.807, 2.05) is 31.2 Å². The van der Waals surface area contributed by atoms with Crippen LogP contribution < -0.4 is 21.7 Å². The smallest absolute Gasteiger partial charge is 0.240 e. The number of benzene rings is 2. The fraction of sp³-hybridized carbons (Fsp3) is 0.559. The van der Waals surface area contributed by atoms with Crippen LogP contribution in [0.1, 0.15) is 69.2 Å². The van der Waals surface area contributed by atoms with Gasteiger partial charge in [0.25, 0.3) is 0 Å². The minimum Gasteiger partial charge on any atom is -0.383 e. The van der Waals surface area contributed by atoms with E-state index in [0.717, 1.165) is 57.4 Å². The summed E-state index contributed by atoms with van der Waals surface area (Å²) in [7, 11) is 0. The zero-order valence-electron chi connectivity index (χ0n) is 26.5. The van der Waals surface area contributed by atoms with Gasteiger partial charge in [0.1, 0.15) is 16.7 Å². The van der Waals surface area contributed by atoms with E-state index in [9.17, 15) is 14.4 Å². The number of nitrogens with one attached hydrogen (secondary N) is 3. The van der Waals surface area contributed by atoms with Crippen LogP contribution in [-0.2, 0) is 27.2 Å². The molecule has 4 rings (SSSR count). The molecule has 1 unspecified atom stereocenters. The number of hydrogen-bond acceptors (Lipinski definition) is 7. The Hall–Kier alpha value is -3.08. The average Bonchev–Trinajstić information content (AvgIpc) is 3.37. The molecule has 0 aromatic heterocycles.